The Balaban J connectivity index is 1.95. The maximum absolute atomic E-state index is 13.4. The highest BCUT2D eigenvalue weighted by Gasteiger charge is 2.24. The van der Waals surface area contributed by atoms with Crippen molar-refractivity contribution < 1.29 is 14.7 Å². The lowest BCUT2D eigenvalue weighted by molar-refractivity contribution is 0.0942. The number of nitrogens with one attached hydrogen (secondary N) is 1. The number of nitrogens with zero attached hydrogens (tertiary/aromatic N) is 2. The zero-order valence-corrected chi connectivity index (χ0v) is 20.1. The molecule has 0 bridgehead atoms. The highest BCUT2D eigenvalue weighted by Crippen LogP contribution is 2.39. The molecule has 2 aromatic carbocycles. The van der Waals surface area contributed by atoms with E-state index in [1.54, 1.807) is 18.0 Å². The summed E-state index contributed by atoms with van der Waals surface area (Å²) in [7, 11) is 1.71. The third kappa shape index (κ3) is 4.86. The van der Waals surface area contributed by atoms with Crippen LogP contribution in [0.2, 0.25) is 0 Å². The van der Waals surface area contributed by atoms with Gasteiger partial charge >= 0.3 is 0 Å². The van der Waals surface area contributed by atoms with Crippen LogP contribution < -0.4 is 15.1 Å². The molecular formula is C27H33N3O3. The van der Waals surface area contributed by atoms with E-state index in [1.165, 1.54) is 0 Å². The Morgan fingerprint density at radius 2 is 1.91 bits per heavy atom. The van der Waals surface area contributed by atoms with Crippen LogP contribution in [0.25, 0.3) is 5.57 Å². The molecule has 1 aliphatic heterocycles. The SMILES string of the molecule is C=C1C=C(C(C)C)c2cc(C(=O)N(C)c3ccc(C)c(C(=O)NCCO)c3)ccc2N1CC. The molecule has 33 heavy (non-hydrogen) atoms. The maximum atomic E-state index is 13.4. The monoisotopic (exact) mass is 447 g/mol. The Hall–Kier alpha value is -3.38. The first-order valence-electron chi connectivity index (χ1n) is 11.3. The summed E-state index contributed by atoms with van der Waals surface area (Å²) in [5.74, 6) is -0.136. The number of carbonyl (C=O) groups is 2. The quantitative estimate of drug-likeness (QED) is 0.660. The second-order valence-electron chi connectivity index (χ2n) is 8.56. The number of aliphatic hydroxyl groups is 1. The van der Waals surface area contributed by atoms with Crippen molar-refractivity contribution in [3.8, 4) is 0 Å². The van der Waals surface area contributed by atoms with Crippen LogP contribution in [0.15, 0.2) is 54.8 Å². The van der Waals surface area contributed by atoms with E-state index in [9.17, 15) is 9.59 Å². The molecule has 1 aliphatic rings. The van der Waals surface area contributed by atoms with E-state index in [-0.39, 0.29) is 25.0 Å². The highest BCUT2D eigenvalue weighted by atomic mass is 16.3. The zero-order chi connectivity index (χ0) is 24.3. The van der Waals surface area contributed by atoms with E-state index < -0.39 is 0 Å². The molecule has 1 heterocycles. The van der Waals surface area contributed by atoms with Gasteiger partial charge in [0, 0.05) is 53.9 Å². The summed E-state index contributed by atoms with van der Waals surface area (Å²) in [5.41, 5.74) is 6.71. The van der Waals surface area contributed by atoms with Gasteiger partial charge in [0.2, 0.25) is 0 Å². The average molecular weight is 448 g/mol. The number of aryl methyl sites for hydroxylation is 1. The third-order valence-electron chi connectivity index (χ3n) is 6.01. The van der Waals surface area contributed by atoms with Crippen molar-refractivity contribution in [2.45, 2.75) is 27.7 Å². The molecule has 0 saturated carbocycles. The zero-order valence-electron chi connectivity index (χ0n) is 20.1. The standard InChI is InChI=1S/C27H33N3O3/c1-7-30-19(5)14-22(17(2)3)24-15-20(9-11-25(24)30)27(33)29(6)21-10-8-18(4)23(16-21)26(32)28-12-13-31/h8-11,14-17,31H,5,7,12-13H2,1-4,6H3,(H,28,32). The molecule has 6 nitrogen and oxygen atoms in total. The Morgan fingerprint density at radius 3 is 2.55 bits per heavy atom. The van der Waals surface area contributed by atoms with Crippen LogP contribution in [-0.2, 0) is 0 Å². The van der Waals surface area contributed by atoms with Crippen molar-refractivity contribution in [2.24, 2.45) is 5.92 Å². The van der Waals surface area contributed by atoms with Crippen LogP contribution in [0.1, 0.15) is 52.6 Å². The fourth-order valence-corrected chi connectivity index (χ4v) is 4.12. The highest BCUT2D eigenvalue weighted by molar-refractivity contribution is 6.07. The molecule has 0 atom stereocenters. The maximum Gasteiger partial charge on any atom is 0.258 e. The van der Waals surface area contributed by atoms with E-state index in [4.69, 9.17) is 5.11 Å². The Labute approximate surface area is 196 Å². The van der Waals surface area contributed by atoms with E-state index in [1.807, 2.05) is 37.3 Å². The van der Waals surface area contributed by atoms with Gasteiger partial charge in [-0.25, -0.2) is 0 Å². The minimum Gasteiger partial charge on any atom is -0.395 e. The second kappa shape index (κ2) is 10.0. The fraction of sp³-hybridized carbons (Fsp3) is 0.333. The van der Waals surface area contributed by atoms with Crippen LogP contribution in [0, 0.1) is 12.8 Å². The molecule has 0 radical (unpaired) electrons. The number of hydrogen-bond acceptors (Lipinski definition) is 4. The van der Waals surface area contributed by atoms with Crippen molar-refractivity contribution in [1.82, 2.24) is 5.32 Å². The lowest BCUT2D eigenvalue weighted by Gasteiger charge is -2.33. The molecule has 6 heteroatoms. The number of fused-ring (bicyclic) bond motifs is 1. The minimum absolute atomic E-state index is 0.128. The largest absolute Gasteiger partial charge is 0.395 e. The van der Waals surface area contributed by atoms with E-state index in [0.717, 1.165) is 34.6 Å². The second-order valence-corrected chi connectivity index (χ2v) is 8.56. The molecule has 2 aromatic rings. The van der Waals surface area contributed by atoms with Crippen LogP contribution in [0.3, 0.4) is 0 Å². The predicted molar refractivity (Wildman–Crippen MR) is 135 cm³/mol. The molecule has 3 rings (SSSR count). The summed E-state index contributed by atoms with van der Waals surface area (Å²) in [6, 6.07) is 11.2. The normalized spacial score (nSPS) is 13.0. The minimum atomic E-state index is -0.273. The van der Waals surface area contributed by atoms with Crippen LogP contribution in [0.5, 0.6) is 0 Å². The predicted octanol–water partition coefficient (Wildman–Crippen LogP) is 4.39. The number of likely N-dealkylation sites (N-methyl/N-ethyl adjacent to an activating group) is 1. The molecule has 174 valence electrons. The van der Waals surface area contributed by atoms with Crippen molar-refractivity contribution in [3.05, 3.63) is 77.0 Å². The molecule has 0 aliphatic carbocycles. The van der Waals surface area contributed by atoms with Gasteiger partial charge in [0.05, 0.1) is 6.61 Å². The Bertz CT molecular complexity index is 1120. The topological polar surface area (TPSA) is 72.9 Å². The van der Waals surface area contributed by atoms with Gasteiger partial charge in [0.1, 0.15) is 0 Å². The van der Waals surface area contributed by atoms with Gasteiger partial charge in [-0.3, -0.25) is 9.59 Å². The fourth-order valence-electron chi connectivity index (χ4n) is 4.12. The first-order valence-corrected chi connectivity index (χ1v) is 11.3. The van der Waals surface area contributed by atoms with Crippen LogP contribution >= 0.6 is 0 Å². The molecular weight excluding hydrogens is 414 g/mol. The number of benzene rings is 2. The van der Waals surface area contributed by atoms with Crippen LogP contribution in [0.4, 0.5) is 11.4 Å². The molecule has 0 unspecified atom stereocenters. The van der Waals surface area contributed by atoms with Gasteiger partial charge in [0.15, 0.2) is 0 Å². The summed E-state index contributed by atoms with van der Waals surface area (Å²) in [6.07, 6.45) is 2.10. The van der Waals surface area contributed by atoms with Crippen LogP contribution in [-0.4, -0.2) is 43.7 Å². The number of aliphatic hydroxyl groups excluding tert-OH is 1. The summed E-state index contributed by atoms with van der Waals surface area (Å²) >= 11 is 0. The van der Waals surface area contributed by atoms with Crippen molar-refractivity contribution in [2.75, 3.05) is 36.5 Å². The molecule has 0 spiro atoms. The number of allylic oxidation sites excluding steroid dienone is 2. The van der Waals surface area contributed by atoms with Gasteiger partial charge < -0.3 is 20.2 Å². The summed E-state index contributed by atoms with van der Waals surface area (Å²) < 4.78 is 0. The lowest BCUT2D eigenvalue weighted by atomic mass is 9.88. The van der Waals surface area contributed by atoms with Gasteiger partial charge in [-0.2, -0.15) is 0 Å². The van der Waals surface area contributed by atoms with Gasteiger partial charge in [-0.15, -0.1) is 0 Å². The summed E-state index contributed by atoms with van der Waals surface area (Å²) in [6.45, 7) is 13.3. The first-order chi connectivity index (χ1) is 15.7. The number of amides is 2. The smallest absolute Gasteiger partial charge is 0.258 e. The lowest BCUT2D eigenvalue weighted by Crippen LogP contribution is -2.29. The van der Waals surface area contributed by atoms with E-state index in [0.29, 0.717) is 22.7 Å². The summed E-state index contributed by atoms with van der Waals surface area (Å²) in [5, 5.41) is 11.6. The molecule has 2 amide bonds. The molecule has 0 saturated heterocycles. The van der Waals surface area contributed by atoms with Crippen molar-refractivity contribution in [1.29, 1.82) is 0 Å². The first kappa shape index (κ1) is 24.3. The summed E-state index contributed by atoms with van der Waals surface area (Å²) in [4.78, 5) is 29.6. The Kier molecular flexibility index (Phi) is 7.39. The van der Waals surface area contributed by atoms with Crippen molar-refractivity contribution >= 4 is 28.8 Å². The number of carbonyl (C=O) groups excluding carboxylic acids is 2. The van der Waals surface area contributed by atoms with Gasteiger partial charge in [-0.1, -0.05) is 26.5 Å². The van der Waals surface area contributed by atoms with Crippen molar-refractivity contribution in [3.63, 3.8) is 0 Å². The average Bonchev–Trinajstić information content (AvgIpc) is 2.81. The van der Waals surface area contributed by atoms with Gasteiger partial charge in [-0.05, 0) is 67.3 Å². The number of hydrogen-bond donors (Lipinski definition) is 2. The van der Waals surface area contributed by atoms with E-state index in [2.05, 4.69) is 43.6 Å². The van der Waals surface area contributed by atoms with Gasteiger partial charge in [0.25, 0.3) is 11.8 Å². The number of anilines is 2. The molecule has 2 N–H and O–H groups in total. The Morgan fingerprint density at radius 1 is 1.18 bits per heavy atom. The third-order valence-corrected chi connectivity index (χ3v) is 6.01. The molecule has 0 fully saturated rings. The van der Waals surface area contributed by atoms with E-state index >= 15 is 0 Å². The molecule has 0 aromatic heterocycles. The number of rotatable bonds is 7.